The van der Waals surface area contributed by atoms with Gasteiger partial charge >= 0.3 is 0 Å². The van der Waals surface area contributed by atoms with Gasteiger partial charge in [0, 0.05) is 17.3 Å². The van der Waals surface area contributed by atoms with Gasteiger partial charge in [0.05, 0.1) is 0 Å². The molecule has 0 amide bonds. The van der Waals surface area contributed by atoms with E-state index in [4.69, 9.17) is 0 Å². The molecule has 0 aromatic rings. The number of hydrogen-bond acceptors (Lipinski definition) is 3. The maximum Gasteiger partial charge on any atom is 0.00805 e. The van der Waals surface area contributed by atoms with E-state index in [1.165, 1.54) is 50.9 Å². The molecule has 1 saturated heterocycles. The van der Waals surface area contributed by atoms with Gasteiger partial charge < -0.3 is 10.2 Å². The largest absolute Gasteiger partial charge is 0.311 e. The van der Waals surface area contributed by atoms with E-state index in [9.17, 15) is 0 Å². The molecule has 0 spiro atoms. The Morgan fingerprint density at radius 1 is 1.22 bits per heavy atom. The average Bonchev–Trinajstić information content (AvgIpc) is 2.78. The van der Waals surface area contributed by atoms with Crippen LogP contribution in [0.4, 0.5) is 0 Å². The van der Waals surface area contributed by atoms with Crippen LogP contribution in [-0.4, -0.2) is 48.1 Å². The molecule has 2 aliphatic rings. The smallest absolute Gasteiger partial charge is 0.00805 e. The first kappa shape index (κ1) is 14.7. The Kier molecular flexibility index (Phi) is 5.84. The normalized spacial score (nSPS) is 32.8. The van der Waals surface area contributed by atoms with Gasteiger partial charge in [0.2, 0.25) is 0 Å². The number of thioether (sulfide) groups is 1. The minimum atomic E-state index is 0.717. The molecule has 3 unspecified atom stereocenters. The monoisotopic (exact) mass is 270 g/mol. The summed E-state index contributed by atoms with van der Waals surface area (Å²) >= 11 is 2.16. The number of nitrogens with one attached hydrogen (secondary N) is 1. The van der Waals surface area contributed by atoms with Gasteiger partial charge in [-0.25, -0.2) is 0 Å². The zero-order chi connectivity index (χ0) is 13.0. The zero-order valence-corrected chi connectivity index (χ0v) is 13.1. The van der Waals surface area contributed by atoms with Crippen LogP contribution >= 0.6 is 11.8 Å². The molecule has 2 rings (SSSR count). The highest BCUT2D eigenvalue weighted by Crippen LogP contribution is 2.31. The van der Waals surface area contributed by atoms with E-state index in [2.05, 4.69) is 42.9 Å². The topological polar surface area (TPSA) is 15.3 Å². The first-order chi connectivity index (χ1) is 8.69. The number of likely N-dealkylation sites (tertiary alicyclic amines) is 1. The number of piperidine rings is 1. The fourth-order valence-electron chi connectivity index (χ4n) is 3.51. The average molecular weight is 270 g/mol. The van der Waals surface area contributed by atoms with Gasteiger partial charge in [-0.15, -0.1) is 0 Å². The Morgan fingerprint density at radius 2 is 1.94 bits per heavy atom. The molecule has 0 bridgehead atoms. The van der Waals surface area contributed by atoms with Crippen LogP contribution in [0.5, 0.6) is 0 Å². The third-order valence-corrected chi connectivity index (χ3v) is 5.99. The number of nitrogens with zero attached hydrogens (tertiary/aromatic N) is 1. The molecular weight excluding hydrogens is 240 g/mol. The van der Waals surface area contributed by atoms with Gasteiger partial charge in [0.25, 0.3) is 0 Å². The Hall–Kier alpha value is 0.270. The summed E-state index contributed by atoms with van der Waals surface area (Å²) < 4.78 is 0. The zero-order valence-electron chi connectivity index (χ0n) is 12.3. The summed E-state index contributed by atoms with van der Waals surface area (Å²) in [6.45, 7) is 7.27. The van der Waals surface area contributed by atoms with E-state index in [1.807, 2.05) is 0 Å². The minimum Gasteiger partial charge on any atom is -0.311 e. The van der Waals surface area contributed by atoms with Crippen molar-refractivity contribution in [1.29, 1.82) is 0 Å². The van der Waals surface area contributed by atoms with Crippen molar-refractivity contribution in [3.8, 4) is 0 Å². The molecule has 18 heavy (non-hydrogen) atoms. The van der Waals surface area contributed by atoms with E-state index < -0.39 is 0 Å². The molecule has 106 valence electrons. The van der Waals surface area contributed by atoms with Crippen molar-refractivity contribution in [2.24, 2.45) is 5.92 Å². The molecular formula is C15H30N2S. The summed E-state index contributed by atoms with van der Waals surface area (Å²) in [4.78, 5) is 2.46. The fourth-order valence-corrected chi connectivity index (χ4v) is 4.66. The lowest BCUT2D eigenvalue weighted by Gasteiger charge is -2.34. The summed E-state index contributed by atoms with van der Waals surface area (Å²) in [5, 5.41) is 4.85. The predicted octanol–water partition coefficient (Wildman–Crippen LogP) is 2.98. The van der Waals surface area contributed by atoms with Crippen LogP contribution in [0.15, 0.2) is 0 Å². The van der Waals surface area contributed by atoms with E-state index in [1.54, 1.807) is 0 Å². The van der Waals surface area contributed by atoms with Crippen LogP contribution < -0.4 is 5.32 Å². The van der Waals surface area contributed by atoms with Gasteiger partial charge in [-0.05, 0) is 70.8 Å². The molecule has 0 aromatic heterocycles. The summed E-state index contributed by atoms with van der Waals surface area (Å²) in [5.41, 5.74) is 0. The maximum absolute atomic E-state index is 3.92. The SMILES string of the molecule is CCSC1CCC(NC(C)C2CCN(C)CC2)C1. The van der Waals surface area contributed by atoms with Crippen molar-refractivity contribution in [2.75, 3.05) is 25.9 Å². The highest BCUT2D eigenvalue weighted by atomic mass is 32.2. The molecule has 2 nitrogen and oxygen atoms in total. The lowest BCUT2D eigenvalue weighted by atomic mass is 9.90. The van der Waals surface area contributed by atoms with Crippen molar-refractivity contribution in [1.82, 2.24) is 10.2 Å². The third-order valence-electron chi connectivity index (χ3n) is 4.76. The second-order valence-corrected chi connectivity index (χ2v) is 7.76. The Morgan fingerprint density at radius 3 is 2.61 bits per heavy atom. The molecule has 1 aliphatic carbocycles. The molecule has 1 N–H and O–H groups in total. The highest BCUT2D eigenvalue weighted by Gasteiger charge is 2.28. The van der Waals surface area contributed by atoms with Crippen molar-refractivity contribution < 1.29 is 0 Å². The van der Waals surface area contributed by atoms with Crippen LogP contribution in [0, 0.1) is 5.92 Å². The molecule has 1 saturated carbocycles. The second-order valence-electron chi connectivity index (χ2n) is 6.18. The van der Waals surface area contributed by atoms with Crippen LogP contribution in [0.3, 0.4) is 0 Å². The van der Waals surface area contributed by atoms with E-state index in [-0.39, 0.29) is 0 Å². The van der Waals surface area contributed by atoms with Crippen LogP contribution in [-0.2, 0) is 0 Å². The first-order valence-electron chi connectivity index (χ1n) is 7.75. The lowest BCUT2D eigenvalue weighted by Crippen LogP contribution is -2.44. The van der Waals surface area contributed by atoms with Crippen LogP contribution in [0.1, 0.15) is 46.0 Å². The fraction of sp³-hybridized carbons (Fsp3) is 1.00. The Bertz CT molecular complexity index is 239. The first-order valence-corrected chi connectivity index (χ1v) is 8.80. The quantitative estimate of drug-likeness (QED) is 0.827. The van der Waals surface area contributed by atoms with Crippen molar-refractivity contribution in [3.05, 3.63) is 0 Å². The van der Waals surface area contributed by atoms with Crippen LogP contribution in [0.25, 0.3) is 0 Å². The summed E-state index contributed by atoms with van der Waals surface area (Å²) in [7, 11) is 2.25. The Labute approximate surface area is 117 Å². The van der Waals surface area contributed by atoms with Gasteiger partial charge in [0.15, 0.2) is 0 Å². The highest BCUT2D eigenvalue weighted by molar-refractivity contribution is 7.99. The molecule has 0 aromatic carbocycles. The standard InChI is InChI=1S/C15H30N2S/c1-4-18-15-6-5-14(11-15)16-12(2)13-7-9-17(3)10-8-13/h12-16H,4-11H2,1-3H3. The molecule has 2 fully saturated rings. The molecule has 0 radical (unpaired) electrons. The maximum atomic E-state index is 3.92. The lowest BCUT2D eigenvalue weighted by molar-refractivity contribution is 0.184. The van der Waals surface area contributed by atoms with Crippen molar-refractivity contribution in [3.63, 3.8) is 0 Å². The van der Waals surface area contributed by atoms with Gasteiger partial charge in [-0.2, -0.15) is 11.8 Å². The predicted molar refractivity (Wildman–Crippen MR) is 82.4 cm³/mol. The number of rotatable bonds is 5. The third kappa shape index (κ3) is 4.14. The van der Waals surface area contributed by atoms with Crippen molar-refractivity contribution in [2.45, 2.75) is 63.3 Å². The number of hydrogen-bond donors (Lipinski definition) is 1. The molecule has 3 heteroatoms. The van der Waals surface area contributed by atoms with Crippen LogP contribution in [0.2, 0.25) is 0 Å². The van der Waals surface area contributed by atoms with E-state index in [0.29, 0.717) is 6.04 Å². The van der Waals surface area contributed by atoms with Crippen molar-refractivity contribution >= 4 is 11.8 Å². The summed E-state index contributed by atoms with van der Waals surface area (Å²) in [5.74, 6) is 2.18. The molecule has 3 atom stereocenters. The summed E-state index contributed by atoms with van der Waals surface area (Å²) in [6, 6.07) is 1.51. The van der Waals surface area contributed by atoms with E-state index >= 15 is 0 Å². The molecule has 1 aliphatic heterocycles. The molecule has 1 heterocycles. The van der Waals surface area contributed by atoms with E-state index in [0.717, 1.165) is 17.2 Å². The minimum absolute atomic E-state index is 0.717. The van der Waals surface area contributed by atoms with Gasteiger partial charge in [-0.3, -0.25) is 0 Å². The summed E-state index contributed by atoms with van der Waals surface area (Å²) in [6.07, 6.45) is 6.98. The van der Waals surface area contributed by atoms with Gasteiger partial charge in [-0.1, -0.05) is 6.92 Å². The van der Waals surface area contributed by atoms with Gasteiger partial charge in [0.1, 0.15) is 0 Å². The second kappa shape index (κ2) is 7.16. The Balaban J connectivity index is 1.69.